The Balaban J connectivity index is 2.55. The number of nitrogens with two attached hydrogens (primary N) is 1. The molecule has 0 heterocycles. The van der Waals surface area contributed by atoms with Crippen LogP contribution < -0.4 is 5.73 Å². The van der Waals surface area contributed by atoms with E-state index >= 15 is 0 Å². The minimum atomic E-state index is -1.38. The van der Waals surface area contributed by atoms with E-state index in [4.69, 9.17) is 5.73 Å². The normalized spacial score (nSPS) is 13.3. The number of aliphatic hydroxyl groups is 2. The molecule has 2 rings (SSSR count). The summed E-state index contributed by atoms with van der Waals surface area (Å²) in [5.74, 6) is 0. The van der Waals surface area contributed by atoms with Gasteiger partial charge in [0.1, 0.15) is 5.60 Å². The van der Waals surface area contributed by atoms with Crippen LogP contribution >= 0.6 is 0 Å². The van der Waals surface area contributed by atoms with Gasteiger partial charge in [-0.25, -0.2) is 0 Å². The highest BCUT2D eigenvalue weighted by Gasteiger charge is 2.37. The molecule has 0 aliphatic rings. The highest BCUT2D eigenvalue weighted by molar-refractivity contribution is 5.37. The summed E-state index contributed by atoms with van der Waals surface area (Å²) in [4.78, 5) is 0. The van der Waals surface area contributed by atoms with Gasteiger partial charge in [0.05, 0.1) is 12.6 Å². The van der Waals surface area contributed by atoms with Gasteiger partial charge >= 0.3 is 0 Å². The molecule has 2 aromatic rings. The highest BCUT2D eigenvalue weighted by atomic mass is 16.3. The lowest BCUT2D eigenvalue weighted by Gasteiger charge is -2.34. The molecule has 2 aromatic carbocycles. The molecule has 0 spiro atoms. The van der Waals surface area contributed by atoms with Crippen molar-refractivity contribution < 1.29 is 10.2 Å². The zero-order chi connectivity index (χ0) is 13.0. The first-order valence-electron chi connectivity index (χ1n) is 5.89. The maximum Gasteiger partial charge on any atom is 0.132 e. The third kappa shape index (κ3) is 2.16. The third-order valence-electron chi connectivity index (χ3n) is 3.16. The average molecular weight is 243 g/mol. The van der Waals surface area contributed by atoms with E-state index in [9.17, 15) is 10.2 Å². The lowest BCUT2D eigenvalue weighted by Crippen LogP contribution is -2.48. The van der Waals surface area contributed by atoms with E-state index in [1.807, 2.05) is 60.7 Å². The first kappa shape index (κ1) is 12.8. The average Bonchev–Trinajstić information content (AvgIpc) is 2.47. The topological polar surface area (TPSA) is 66.5 Å². The lowest BCUT2D eigenvalue weighted by atomic mass is 9.81. The maximum atomic E-state index is 10.9. The van der Waals surface area contributed by atoms with Crippen molar-refractivity contribution in [2.75, 3.05) is 6.61 Å². The van der Waals surface area contributed by atoms with Gasteiger partial charge in [0.2, 0.25) is 0 Å². The second-order valence-corrected chi connectivity index (χ2v) is 4.29. The van der Waals surface area contributed by atoms with Crippen LogP contribution in [0.2, 0.25) is 0 Å². The van der Waals surface area contributed by atoms with E-state index in [0.29, 0.717) is 11.1 Å². The summed E-state index contributed by atoms with van der Waals surface area (Å²) in [6.07, 6.45) is 0. The van der Waals surface area contributed by atoms with Crippen LogP contribution in [0.1, 0.15) is 11.1 Å². The molecule has 94 valence electrons. The molecule has 3 nitrogen and oxygen atoms in total. The van der Waals surface area contributed by atoms with E-state index in [0.717, 1.165) is 0 Å². The van der Waals surface area contributed by atoms with Crippen molar-refractivity contribution in [3.63, 3.8) is 0 Å². The molecule has 0 aromatic heterocycles. The molecule has 0 bridgehead atoms. The fraction of sp³-hybridized carbons (Fsp3) is 0.200. The van der Waals surface area contributed by atoms with Crippen LogP contribution in [0.4, 0.5) is 0 Å². The van der Waals surface area contributed by atoms with Gasteiger partial charge in [-0.1, -0.05) is 60.7 Å². The first-order chi connectivity index (χ1) is 8.69. The minimum absolute atomic E-state index is 0.291. The zero-order valence-electron chi connectivity index (χ0n) is 10.0. The summed E-state index contributed by atoms with van der Waals surface area (Å²) >= 11 is 0. The van der Waals surface area contributed by atoms with Gasteiger partial charge in [0, 0.05) is 0 Å². The summed E-state index contributed by atoms with van der Waals surface area (Å²) in [7, 11) is 0. The van der Waals surface area contributed by atoms with Crippen LogP contribution in [0, 0.1) is 0 Å². The predicted octanol–water partition coefficient (Wildman–Crippen LogP) is 1.24. The van der Waals surface area contributed by atoms with E-state index in [2.05, 4.69) is 0 Å². The lowest BCUT2D eigenvalue weighted by molar-refractivity contribution is 0.0292. The van der Waals surface area contributed by atoms with Gasteiger partial charge in [0.25, 0.3) is 0 Å². The van der Waals surface area contributed by atoms with Gasteiger partial charge < -0.3 is 15.9 Å². The van der Waals surface area contributed by atoms with Gasteiger partial charge in [-0.2, -0.15) is 0 Å². The summed E-state index contributed by atoms with van der Waals surface area (Å²) in [6.45, 7) is -0.291. The predicted molar refractivity (Wildman–Crippen MR) is 70.9 cm³/mol. The van der Waals surface area contributed by atoms with Crippen LogP contribution in [0.15, 0.2) is 60.7 Å². The van der Waals surface area contributed by atoms with E-state index in [1.165, 1.54) is 0 Å². The smallest absolute Gasteiger partial charge is 0.132 e. The highest BCUT2D eigenvalue weighted by Crippen LogP contribution is 2.31. The molecule has 0 amide bonds. The van der Waals surface area contributed by atoms with Crippen LogP contribution in [0.25, 0.3) is 0 Å². The van der Waals surface area contributed by atoms with Crippen molar-refractivity contribution in [1.82, 2.24) is 0 Å². The largest absolute Gasteiger partial charge is 0.395 e. The SMILES string of the molecule is NC(CO)C(O)(c1ccccc1)c1ccccc1. The molecule has 0 aliphatic carbocycles. The summed E-state index contributed by atoms with van der Waals surface area (Å²) in [5.41, 5.74) is 5.89. The number of benzene rings is 2. The van der Waals surface area contributed by atoms with E-state index < -0.39 is 11.6 Å². The second kappa shape index (κ2) is 5.31. The molecular formula is C15H17NO2. The molecular weight excluding hydrogens is 226 g/mol. The maximum absolute atomic E-state index is 10.9. The third-order valence-corrected chi connectivity index (χ3v) is 3.16. The first-order valence-corrected chi connectivity index (χ1v) is 5.89. The Labute approximate surface area is 107 Å². The Hall–Kier alpha value is -1.68. The molecule has 0 fully saturated rings. The molecule has 3 heteroatoms. The standard InChI is InChI=1S/C15H17NO2/c16-14(11-17)15(18,12-7-3-1-4-8-12)13-9-5-2-6-10-13/h1-10,14,17-18H,11,16H2. The Morgan fingerprint density at radius 3 is 1.61 bits per heavy atom. The Bertz CT molecular complexity index is 445. The van der Waals surface area contributed by atoms with E-state index in [1.54, 1.807) is 0 Å². The molecule has 4 N–H and O–H groups in total. The quantitative estimate of drug-likeness (QED) is 0.757. The van der Waals surface area contributed by atoms with Crippen molar-refractivity contribution in [1.29, 1.82) is 0 Å². The summed E-state index contributed by atoms with van der Waals surface area (Å²) in [5, 5.41) is 20.2. The number of aliphatic hydroxyl groups excluding tert-OH is 1. The van der Waals surface area contributed by atoms with Crippen molar-refractivity contribution >= 4 is 0 Å². The van der Waals surface area contributed by atoms with Gasteiger partial charge in [-0.3, -0.25) is 0 Å². The summed E-state index contributed by atoms with van der Waals surface area (Å²) in [6, 6.07) is 17.6. The van der Waals surface area contributed by atoms with E-state index in [-0.39, 0.29) is 6.61 Å². The van der Waals surface area contributed by atoms with Crippen molar-refractivity contribution in [3.05, 3.63) is 71.8 Å². The Morgan fingerprint density at radius 2 is 1.28 bits per heavy atom. The Kier molecular flexibility index (Phi) is 3.77. The van der Waals surface area contributed by atoms with Gasteiger partial charge in [-0.05, 0) is 11.1 Å². The van der Waals surface area contributed by atoms with Crippen molar-refractivity contribution in [2.45, 2.75) is 11.6 Å². The van der Waals surface area contributed by atoms with Crippen molar-refractivity contribution in [3.8, 4) is 0 Å². The Morgan fingerprint density at radius 1 is 0.889 bits per heavy atom. The molecule has 1 unspecified atom stereocenters. The van der Waals surface area contributed by atoms with Gasteiger partial charge in [0.15, 0.2) is 0 Å². The minimum Gasteiger partial charge on any atom is -0.395 e. The zero-order valence-corrected chi connectivity index (χ0v) is 10.0. The van der Waals surface area contributed by atoms with Crippen LogP contribution in [0.5, 0.6) is 0 Å². The molecule has 0 radical (unpaired) electrons. The molecule has 1 atom stereocenters. The molecule has 18 heavy (non-hydrogen) atoms. The summed E-state index contributed by atoms with van der Waals surface area (Å²) < 4.78 is 0. The molecule has 0 aliphatic heterocycles. The van der Waals surface area contributed by atoms with Crippen LogP contribution in [-0.2, 0) is 5.60 Å². The number of hydrogen-bond acceptors (Lipinski definition) is 3. The van der Waals surface area contributed by atoms with Crippen molar-refractivity contribution in [2.24, 2.45) is 5.73 Å². The molecule has 0 saturated heterocycles. The second-order valence-electron chi connectivity index (χ2n) is 4.29. The monoisotopic (exact) mass is 243 g/mol. The van der Waals surface area contributed by atoms with Crippen LogP contribution in [0.3, 0.4) is 0 Å². The van der Waals surface area contributed by atoms with Gasteiger partial charge in [-0.15, -0.1) is 0 Å². The fourth-order valence-electron chi connectivity index (χ4n) is 2.11. The fourth-order valence-corrected chi connectivity index (χ4v) is 2.11. The number of hydrogen-bond donors (Lipinski definition) is 3. The molecule has 0 saturated carbocycles. The number of rotatable bonds is 4. The van der Waals surface area contributed by atoms with Crippen LogP contribution in [-0.4, -0.2) is 22.9 Å².